The fraction of sp³-hybridized carbons (Fsp3) is 0.588. The molecule has 7 heteroatoms. The predicted molar refractivity (Wildman–Crippen MR) is 89.8 cm³/mol. The largest absolute Gasteiger partial charge is 0.396 e. The van der Waals surface area contributed by atoms with Crippen molar-refractivity contribution < 1.29 is 9.84 Å². The maximum Gasteiger partial charge on any atom is 0.173 e. The first-order valence-electron chi connectivity index (χ1n) is 8.60. The van der Waals surface area contributed by atoms with Gasteiger partial charge in [0.25, 0.3) is 0 Å². The van der Waals surface area contributed by atoms with Gasteiger partial charge in [0.2, 0.25) is 0 Å². The number of aliphatic hydroxyl groups is 1. The zero-order valence-electron chi connectivity index (χ0n) is 14.1. The SMILES string of the molecule is CC(c1nnnn1-c1ccccc1)N1CCC(OCCCO)CC1. The lowest BCUT2D eigenvalue weighted by Gasteiger charge is -2.35. The van der Waals surface area contributed by atoms with E-state index in [0.29, 0.717) is 19.1 Å². The molecule has 1 aliphatic rings. The number of hydrogen-bond donors (Lipinski definition) is 1. The van der Waals surface area contributed by atoms with Crippen molar-refractivity contribution in [3.05, 3.63) is 36.2 Å². The summed E-state index contributed by atoms with van der Waals surface area (Å²) in [6.45, 7) is 4.91. The molecule has 2 aromatic rings. The Bertz CT molecular complexity index is 610. The molecule has 1 unspecified atom stereocenters. The van der Waals surface area contributed by atoms with Gasteiger partial charge in [0.1, 0.15) is 0 Å². The number of aromatic nitrogens is 4. The molecule has 130 valence electrons. The Hall–Kier alpha value is -1.83. The number of piperidine rings is 1. The molecule has 1 fully saturated rings. The molecule has 2 heterocycles. The van der Waals surface area contributed by atoms with Crippen LogP contribution in [0.1, 0.15) is 38.1 Å². The Morgan fingerprint density at radius 1 is 1.25 bits per heavy atom. The summed E-state index contributed by atoms with van der Waals surface area (Å²) < 4.78 is 7.62. The summed E-state index contributed by atoms with van der Waals surface area (Å²) >= 11 is 0. The minimum Gasteiger partial charge on any atom is -0.396 e. The van der Waals surface area contributed by atoms with E-state index in [4.69, 9.17) is 9.84 Å². The third-order valence-corrected chi connectivity index (χ3v) is 4.55. The molecule has 1 aliphatic heterocycles. The molecule has 0 bridgehead atoms. The zero-order chi connectivity index (χ0) is 16.8. The van der Waals surface area contributed by atoms with Crippen LogP contribution in [-0.2, 0) is 4.74 Å². The van der Waals surface area contributed by atoms with Crippen LogP contribution in [0.4, 0.5) is 0 Å². The second-order valence-corrected chi connectivity index (χ2v) is 6.14. The molecule has 3 rings (SSSR count). The molecule has 0 amide bonds. The van der Waals surface area contributed by atoms with Crippen molar-refractivity contribution >= 4 is 0 Å². The summed E-state index contributed by atoms with van der Waals surface area (Å²) in [5.41, 5.74) is 0.978. The van der Waals surface area contributed by atoms with E-state index >= 15 is 0 Å². The molecule has 0 radical (unpaired) electrons. The van der Waals surface area contributed by atoms with Crippen molar-refractivity contribution in [2.24, 2.45) is 0 Å². The maximum absolute atomic E-state index is 8.83. The lowest BCUT2D eigenvalue weighted by atomic mass is 10.1. The zero-order valence-corrected chi connectivity index (χ0v) is 14.1. The Morgan fingerprint density at radius 2 is 2.00 bits per heavy atom. The molecule has 1 aromatic carbocycles. The highest BCUT2D eigenvalue weighted by Crippen LogP contribution is 2.25. The van der Waals surface area contributed by atoms with Crippen molar-refractivity contribution in [2.45, 2.75) is 38.3 Å². The minimum atomic E-state index is 0.151. The Morgan fingerprint density at radius 3 is 2.71 bits per heavy atom. The topological polar surface area (TPSA) is 76.3 Å². The third-order valence-electron chi connectivity index (χ3n) is 4.55. The van der Waals surface area contributed by atoms with Crippen LogP contribution in [0, 0.1) is 0 Å². The molecule has 0 aliphatic carbocycles. The van der Waals surface area contributed by atoms with E-state index in [0.717, 1.165) is 37.4 Å². The van der Waals surface area contributed by atoms with Gasteiger partial charge in [0, 0.05) is 26.3 Å². The fourth-order valence-electron chi connectivity index (χ4n) is 3.12. The van der Waals surface area contributed by atoms with Crippen LogP contribution < -0.4 is 0 Å². The summed E-state index contributed by atoms with van der Waals surface area (Å²) in [6, 6.07) is 10.1. The normalized spacial score (nSPS) is 17.9. The van der Waals surface area contributed by atoms with Gasteiger partial charge in [0.05, 0.1) is 17.8 Å². The van der Waals surface area contributed by atoms with Crippen molar-refractivity contribution in [3.63, 3.8) is 0 Å². The average molecular weight is 331 g/mol. The third kappa shape index (κ3) is 3.98. The molecule has 1 N–H and O–H groups in total. The second-order valence-electron chi connectivity index (χ2n) is 6.14. The van der Waals surface area contributed by atoms with Crippen LogP contribution in [0.3, 0.4) is 0 Å². The van der Waals surface area contributed by atoms with Gasteiger partial charge in [0.15, 0.2) is 5.82 Å². The van der Waals surface area contributed by atoms with Crippen LogP contribution in [0.5, 0.6) is 0 Å². The molecule has 0 saturated carbocycles. The molecular formula is C17H25N5O2. The molecule has 0 spiro atoms. The summed E-state index contributed by atoms with van der Waals surface area (Å²) in [7, 11) is 0. The molecule has 24 heavy (non-hydrogen) atoms. The highest BCUT2D eigenvalue weighted by molar-refractivity contribution is 5.30. The number of likely N-dealkylation sites (tertiary alicyclic amines) is 1. The smallest absolute Gasteiger partial charge is 0.173 e. The highest BCUT2D eigenvalue weighted by Gasteiger charge is 2.27. The van der Waals surface area contributed by atoms with E-state index in [1.54, 1.807) is 0 Å². The van der Waals surface area contributed by atoms with Crippen molar-refractivity contribution in [1.82, 2.24) is 25.1 Å². The first-order chi connectivity index (χ1) is 11.8. The Kier molecular flexibility index (Phi) is 5.90. The Labute approximate surface area is 142 Å². The summed E-state index contributed by atoms with van der Waals surface area (Å²) in [6.07, 6.45) is 3.01. The van der Waals surface area contributed by atoms with Gasteiger partial charge in [-0.3, -0.25) is 4.90 Å². The lowest BCUT2D eigenvalue weighted by Crippen LogP contribution is -2.39. The van der Waals surface area contributed by atoms with Crippen molar-refractivity contribution in [1.29, 1.82) is 0 Å². The lowest BCUT2D eigenvalue weighted by molar-refractivity contribution is -0.00602. The van der Waals surface area contributed by atoms with E-state index in [-0.39, 0.29) is 12.6 Å². The number of ether oxygens (including phenoxy) is 1. The number of tetrazole rings is 1. The number of aliphatic hydroxyl groups excluding tert-OH is 1. The van der Waals surface area contributed by atoms with Gasteiger partial charge in [-0.2, -0.15) is 4.68 Å². The van der Waals surface area contributed by atoms with Crippen LogP contribution in [0.2, 0.25) is 0 Å². The van der Waals surface area contributed by atoms with Crippen molar-refractivity contribution in [2.75, 3.05) is 26.3 Å². The average Bonchev–Trinajstić information content (AvgIpc) is 3.12. The predicted octanol–water partition coefficient (Wildman–Crippen LogP) is 1.59. The summed E-state index contributed by atoms with van der Waals surface area (Å²) in [5.74, 6) is 0.862. The minimum absolute atomic E-state index is 0.151. The quantitative estimate of drug-likeness (QED) is 0.777. The van der Waals surface area contributed by atoms with Crippen molar-refractivity contribution in [3.8, 4) is 5.69 Å². The maximum atomic E-state index is 8.83. The van der Waals surface area contributed by atoms with Crippen LogP contribution in [-0.4, -0.2) is 62.6 Å². The standard InChI is InChI=1S/C17H25N5O2/c1-14(21-10-8-16(9-11-21)24-13-5-12-23)17-18-19-20-22(17)15-6-3-2-4-7-15/h2-4,6-7,14,16,23H,5,8-13H2,1H3. The first-order valence-corrected chi connectivity index (χ1v) is 8.60. The molecule has 1 saturated heterocycles. The molecule has 7 nitrogen and oxygen atoms in total. The van der Waals surface area contributed by atoms with E-state index < -0.39 is 0 Å². The summed E-state index contributed by atoms with van der Waals surface area (Å²) in [4.78, 5) is 2.40. The van der Waals surface area contributed by atoms with E-state index in [2.05, 4.69) is 27.3 Å². The van der Waals surface area contributed by atoms with E-state index in [9.17, 15) is 0 Å². The number of nitrogens with zero attached hydrogens (tertiary/aromatic N) is 5. The van der Waals surface area contributed by atoms with E-state index in [1.165, 1.54) is 0 Å². The van der Waals surface area contributed by atoms with Crippen LogP contribution >= 0.6 is 0 Å². The van der Waals surface area contributed by atoms with Gasteiger partial charge in [-0.15, -0.1) is 5.10 Å². The number of para-hydroxylation sites is 1. The summed E-state index contributed by atoms with van der Waals surface area (Å²) in [5, 5.41) is 21.1. The Balaban J connectivity index is 1.60. The monoisotopic (exact) mass is 331 g/mol. The molecular weight excluding hydrogens is 306 g/mol. The first kappa shape index (κ1) is 17.0. The number of rotatable bonds is 7. The van der Waals surface area contributed by atoms with Gasteiger partial charge in [-0.1, -0.05) is 18.2 Å². The van der Waals surface area contributed by atoms with E-state index in [1.807, 2.05) is 35.0 Å². The molecule has 1 aromatic heterocycles. The van der Waals surface area contributed by atoms with Crippen LogP contribution in [0.25, 0.3) is 5.69 Å². The van der Waals surface area contributed by atoms with Gasteiger partial charge >= 0.3 is 0 Å². The van der Waals surface area contributed by atoms with Gasteiger partial charge < -0.3 is 9.84 Å². The number of hydrogen-bond acceptors (Lipinski definition) is 6. The van der Waals surface area contributed by atoms with Gasteiger partial charge in [-0.05, 0) is 48.7 Å². The second kappa shape index (κ2) is 8.32. The fourth-order valence-corrected chi connectivity index (χ4v) is 3.12. The van der Waals surface area contributed by atoms with Crippen LogP contribution in [0.15, 0.2) is 30.3 Å². The molecule has 1 atom stereocenters. The van der Waals surface area contributed by atoms with Gasteiger partial charge in [-0.25, -0.2) is 0 Å². The number of benzene rings is 1. The highest BCUT2D eigenvalue weighted by atomic mass is 16.5.